The number of rotatable bonds is 4. The number of carbonyl (C=O) groups is 1. The molecule has 0 radical (unpaired) electrons. The fraction of sp³-hybridized carbons (Fsp3) is 0.360. The van der Waals surface area contributed by atoms with Crippen LogP contribution in [0.1, 0.15) is 34.8 Å². The first-order valence-electron chi connectivity index (χ1n) is 11.1. The van der Waals surface area contributed by atoms with E-state index in [0.29, 0.717) is 48.7 Å². The number of morpholine rings is 1. The molecule has 1 unspecified atom stereocenters. The van der Waals surface area contributed by atoms with Crippen molar-refractivity contribution in [2.24, 2.45) is 0 Å². The van der Waals surface area contributed by atoms with Crippen molar-refractivity contribution in [3.05, 3.63) is 69.6 Å². The Morgan fingerprint density at radius 1 is 1.09 bits per heavy atom. The van der Waals surface area contributed by atoms with Crippen LogP contribution in [-0.4, -0.2) is 45.9 Å². The maximum atomic E-state index is 13.5. The van der Waals surface area contributed by atoms with Crippen molar-refractivity contribution in [1.82, 2.24) is 0 Å². The first kappa shape index (κ1) is 21.5. The van der Waals surface area contributed by atoms with Crippen molar-refractivity contribution in [2.45, 2.75) is 18.9 Å². The van der Waals surface area contributed by atoms with Gasteiger partial charge in [-0.15, -0.1) is 0 Å². The fourth-order valence-corrected chi connectivity index (χ4v) is 4.73. The van der Waals surface area contributed by atoms with E-state index in [0.717, 1.165) is 30.6 Å². The minimum Gasteiger partial charge on any atom is -0.465 e. The van der Waals surface area contributed by atoms with Gasteiger partial charge in [0.2, 0.25) is 0 Å². The van der Waals surface area contributed by atoms with E-state index in [4.69, 9.17) is 13.9 Å². The molecule has 0 bridgehead atoms. The van der Waals surface area contributed by atoms with Crippen molar-refractivity contribution in [2.75, 3.05) is 49.8 Å². The fourth-order valence-electron chi connectivity index (χ4n) is 4.73. The second-order valence-corrected chi connectivity index (χ2v) is 8.31. The maximum absolute atomic E-state index is 13.5. The van der Waals surface area contributed by atoms with Gasteiger partial charge in [-0.25, -0.2) is 9.18 Å². The minimum atomic E-state index is -0.513. The second kappa shape index (κ2) is 8.86. The Balaban J connectivity index is 1.67. The number of carbonyl (C=O) groups excluding carboxylic acids is 1. The van der Waals surface area contributed by atoms with Gasteiger partial charge in [0.05, 0.1) is 37.3 Å². The Labute approximate surface area is 190 Å². The number of ether oxygens (including phenoxy) is 2. The van der Waals surface area contributed by atoms with Crippen LogP contribution in [0.5, 0.6) is 0 Å². The summed E-state index contributed by atoms with van der Waals surface area (Å²) in [6, 6.07) is 11.0. The third-order valence-corrected chi connectivity index (χ3v) is 6.36. The summed E-state index contributed by atoms with van der Waals surface area (Å²) < 4.78 is 30.2. The highest BCUT2D eigenvalue weighted by molar-refractivity contribution is 5.95. The molecule has 2 aliphatic heterocycles. The van der Waals surface area contributed by atoms with Crippen LogP contribution in [0, 0.1) is 5.82 Å². The van der Waals surface area contributed by atoms with Crippen LogP contribution in [0.3, 0.4) is 0 Å². The number of methoxy groups -OCH3 is 1. The zero-order valence-electron chi connectivity index (χ0n) is 18.4. The standard InChI is InChI=1S/C25H25FN2O5/c1-31-25(30)16-13-19(21-3-2-8-28(21)18-6-4-17(26)5-7-18)24-20(14-16)22(29)15-23(33-24)27-9-11-32-12-10-27/h4-7,13-15,21H,2-3,8-12H2,1H3. The first-order chi connectivity index (χ1) is 16.0. The van der Waals surface area contributed by atoms with Gasteiger partial charge >= 0.3 is 5.97 Å². The molecule has 5 rings (SSSR count). The predicted molar refractivity (Wildman–Crippen MR) is 123 cm³/mol. The molecule has 0 saturated carbocycles. The van der Waals surface area contributed by atoms with Crippen molar-refractivity contribution in [3.8, 4) is 0 Å². The first-order valence-corrected chi connectivity index (χ1v) is 11.1. The van der Waals surface area contributed by atoms with Crippen LogP contribution in [-0.2, 0) is 9.47 Å². The van der Waals surface area contributed by atoms with E-state index in [-0.39, 0.29) is 17.3 Å². The minimum absolute atomic E-state index is 0.134. The third kappa shape index (κ3) is 4.06. The highest BCUT2D eigenvalue weighted by atomic mass is 19.1. The predicted octanol–water partition coefficient (Wildman–Crippen LogP) is 3.90. The molecule has 8 heteroatoms. The number of esters is 1. The number of halogens is 1. The number of benzene rings is 2. The molecule has 7 nitrogen and oxygen atoms in total. The SMILES string of the molecule is COC(=O)c1cc(C2CCCN2c2ccc(F)cc2)c2oc(N3CCOCC3)cc(=O)c2c1. The summed E-state index contributed by atoms with van der Waals surface area (Å²) in [4.78, 5) is 29.7. The van der Waals surface area contributed by atoms with E-state index in [1.165, 1.54) is 31.4 Å². The molecule has 3 heterocycles. The normalized spacial score (nSPS) is 18.7. The highest BCUT2D eigenvalue weighted by Crippen LogP contribution is 2.40. The summed E-state index contributed by atoms with van der Waals surface area (Å²) >= 11 is 0. The van der Waals surface area contributed by atoms with Gasteiger partial charge < -0.3 is 23.7 Å². The third-order valence-electron chi connectivity index (χ3n) is 6.36. The topological polar surface area (TPSA) is 72.2 Å². The molecule has 2 fully saturated rings. The molecule has 33 heavy (non-hydrogen) atoms. The van der Waals surface area contributed by atoms with Gasteiger partial charge in [-0.3, -0.25) is 4.79 Å². The van der Waals surface area contributed by atoms with Gasteiger partial charge in [-0.05, 0) is 49.2 Å². The molecular weight excluding hydrogens is 427 g/mol. The average Bonchev–Trinajstić information content (AvgIpc) is 3.33. The lowest BCUT2D eigenvalue weighted by molar-refractivity contribution is 0.0600. The summed E-state index contributed by atoms with van der Waals surface area (Å²) in [5, 5.41) is 0.343. The summed E-state index contributed by atoms with van der Waals surface area (Å²) in [6.45, 7) is 3.17. The molecule has 2 saturated heterocycles. The van der Waals surface area contributed by atoms with Crippen LogP contribution in [0.25, 0.3) is 11.0 Å². The lowest BCUT2D eigenvalue weighted by Gasteiger charge is -2.29. The number of hydrogen-bond acceptors (Lipinski definition) is 7. The molecule has 0 spiro atoms. The summed E-state index contributed by atoms with van der Waals surface area (Å²) in [7, 11) is 1.32. The molecule has 0 amide bonds. The van der Waals surface area contributed by atoms with E-state index >= 15 is 0 Å². The second-order valence-electron chi connectivity index (χ2n) is 8.31. The van der Waals surface area contributed by atoms with Crippen LogP contribution >= 0.6 is 0 Å². The van der Waals surface area contributed by atoms with Gasteiger partial charge in [0.25, 0.3) is 0 Å². The van der Waals surface area contributed by atoms with Crippen LogP contribution in [0.4, 0.5) is 16.0 Å². The highest BCUT2D eigenvalue weighted by Gasteiger charge is 2.31. The Bertz CT molecular complexity index is 1230. The van der Waals surface area contributed by atoms with Crippen LogP contribution in [0.2, 0.25) is 0 Å². The quantitative estimate of drug-likeness (QED) is 0.556. The van der Waals surface area contributed by atoms with E-state index < -0.39 is 5.97 Å². The van der Waals surface area contributed by atoms with E-state index in [1.807, 2.05) is 4.90 Å². The molecule has 3 aromatic rings. The van der Waals surface area contributed by atoms with Crippen molar-refractivity contribution >= 4 is 28.5 Å². The molecule has 2 aromatic carbocycles. The summed E-state index contributed by atoms with van der Waals surface area (Å²) in [6.07, 6.45) is 1.72. The zero-order chi connectivity index (χ0) is 22.9. The molecule has 1 aromatic heterocycles. The molecule has 0 N–H and O–H groups in total. The van der Waals surface area contributed by atoms with Gasteiger partial charge in [0, 0.05) is 37.0 Å². The summed E-state index contributed by atoms with van der Waals surface area (Å²) in [5.74, 6) is -0.316. The zero-order valence-corrected chi connectivity index (χ0v) is 18.4. The lowest BCUT2D eigenvalue weighted by atomic mass is 9.98. The molecular formula is C25H25FN2O5. The lowest BCUT2D eigenvalue weighted by Crippen LogP contribution is -2.36. The van der Waals surface area contributed by atoms with Crippen molar-refractivity contribution in [3.63, 3.8) is 0 Å². The average molecular weight is 452 g/mol. The number of nitrogens with zero attached hydrogens (tertiary/aromatic N) is 2. The maximum Gasteiger partial charge on any atom is 0.337 e. The Morgan fingerprint density at radius 3 is 2.58 bits per heavy atom. The molecule has 1 atom stereocenters. The number of fused-ring (bicyclic) bond motifs is 1. The Kier molecular flexibility index (Phi) is 5.76. The molecule has 2 aliphatic rings. The van der Waals surface area contributed by atoms with Crippen LogP contribution in [0.15, 0.2) is 51.7 Å². The van der Waals surface area contributed by atoms with E-state index in [2.05, 4.69) is 4.90 Å². The van der Waals surface area contributed by atoms with Crippen LogP contribution < -0.4 is 15.2 Å². The van der Waals surface area contributed by atoms with E-state index in [9.17, 15) is 14.0 Å². The van der Waals surface area contributed by atoms with Crippen molar-refractivity contribution < 1.29 is 23.1 Å². The number of anilines is 2. The van der Waals surface area contributed by atoms with Gasteiger partial charge in [0.1, 0.15) is 11.4 Å². The summed E-state index contributed by atoms with van der Waals surface area (Å²) in [5.41, 5.74) is 2.19. The van der Waals surface area contributed by atoms with Crippen molar-refractivity contribution in [1.29, 1.82) is 0 Å². The monoisotopic (exact) mass is 452 g/mol. The smallest absolute Gasteiger partial charge is 0.337 e. The van der Waals surface area contributed by atoms with E-state index in [1.54, 1.807) is 18.2 Å². The molecule has 172 valence electrons. The largest absolute Gasteiger partial charge is 0.465 e. The Morgan fingerprint density at radius 2 is 1.85 bits per heavy atom. The van der Waals surface area contributed by atoms with Gasteiger partial charge in [0.15, 0.2) is 11.3 Å². The Hall–Kier alpha value is -3.39. The van der Waals surface area contributed by atoms with Gasteiger partial charge in [-0.1, -0.05) is 0 Å². The number of hydrogen-bond donors (Lipinski definition) is 0. The molecule has 0 aliphatic carbocycles. The van der Waals surface area contributed by atoms with Gasteiger partial charge in [-0.2, -0.15) is 0 Å².